The summed E-state index contributed by atoms with van der Waals surface area (Å²) >= 11 is 0. The van der Waals surface area contributed by atoms with Gasteiger partial charge in [0.25, 0.3) is 0 Å². The Balaban J connectivity index is 1.73. The summed E-state index contributed by atoms with van der Waals surface area (Å²) in [5.41, 5.74) is 0.834. The average molecular weight is 472 g/mol. The summed E-state index contributed by atoms with van der Waals surface area (Å²) in [4.78, 5) is 42.4. The molecule has 3 heterocycles. The molecule has 6 atom stereocenters. The number of hydrogen-bond donors (Lipinski definition) is 3. The number of nitrogens with one attached hydrogen (secondary N) is 2. The van der Waals surface area contributed by atoms with Crippen LogP contribution in [0.25, 0.3) is 0 Å². The molecule has 3 fully saturated rings. The molecule has 3 unspecified atom stereocenters. The molecule has 8 heteroatoms. The fourth-order valence-corrected chi connectivity index (χ4v) is 6.48. The van der Waals surface area contributed by atoms with Gasteiger partial charge in [-0.1, -0.05) is 19.1 Å². The third kappa shape index (κ3) is 3.62. The van der Waals surface area contributed by atoms with Crippen molar-refractivity contribution >= 4 is 23.4 Å². The highest BCUT2D eigenvalue weighted by atomic mass is 16.5. The van der Waals surface area contributed by atoms with E-state index in [1.165, 1.54) is 0 Å². The summed E-state index contributed by atoms with van der Waals surface area (Å²) < 4.78 is 6.65. The number of nitrogens with zero attached hydrogens (tertiary/aromatic N) is 1. The Morgan fingerprint density at radius 3 is 2.62 bits per heavy atom. The molecular weight excluding hydrogens is 434 g/mol. The first-order chi connectivity index (χ1) is 16.1. The number of unbranched alkanes of at least 4 members (excludes halogenated alkanes) is 2. The highest BCUT2D eigenvalue weighted by Crippen LogP contribution is 2.65. The number of amides is 3. The minimum absolute atomic E-state index is 0.0178. The van der Waals surface area contributed by atoms with E-state index in [1.807, 2.05) is 45.9 Å². The van der Waals surface area contributed by atoms with Crippen LogP contribution < -0.4 is 10.6 Å². The number of aliphatic hydroxyl groups excluding tert-OH is 1. The standard InChI is InChI=1S/C26H37N3O5/c1-15-9-10-16(2)18(13-15)28-23(32)21-26-14-17(3)25(4,34-26)19(22(31)27-5)20(26)24(33)29(21)11-7-6-8-12-30/h9-10,13,17,19-21,30H,6-8,11-12,14H2,1-5H3,(H,27,31)(H,28,32)/t17?,19-,20-,21?,25+,26?/m0/s1. The molecule has 0 radical (unpaired) electrons. The van der Waals surface area contributed by atoms with Gasteiger partial charge in [-0.15, -0.1) is 0 Å². The molecule has 0 aromatic heterocycles. The van der Waals surface area contributed by atoms with E-state index >= 15 is 0 Å². The Morgan fingerprint density at radius 1 is 1.21 bits per heavy atom. The zero-order valence-corrected chi connectivity index (χ0v) is 20.8. The van der Waals surface area contributed by atoms with Crippen LogP contribution in [0, 0.1) is 31.6 Å². The van der Waals surface area contributed by atoms with E-state index in [1.54, 1.807) is 11.9 Å². The van der Waals surface area contributed by atoms with Crippen molar-refractivity contribution in [1.29, 1.82) is 0 Å². The molecule has 3 amide bonds. The highest BCUT2D eigenvalue weighted by Gasteiger charge is 2.79. The van der Waals surface area contributed by atoms with Crippen LogP contribution in [-0.4, -0.2) is 65.2 Å². The number of carbonyl (C=O) groups excluding carboxylic acids is 3. The van der Waals surface area contributed by atoms with Crippen molar-refractivity contribution in [1.82, 2.24) is 10.2 Å². The second-order valence-corrected chi connectivity index (χ2v) is 10.4. The van der Waals surface area contributed by atoms with Gasteiger partial charge >= 0.3 is 0 Å². The molecule has 2 bridgehead atoms. The van der Waals surface area contributed by atoms with E-state index in [2.05, 4.69) is 10.6 Å². The van der Waals surface area contributed by atoms with Gasteiger partial charge in [0.1, 0.15) is 11.6 Å². The first-order valence-corrected chi connectivity index (χ1v) is 12.3. The topological polar surface area (TPSA) is 108 Å². The van der Waals surface area contributed by atoms with Gasteiger partial charge in [0, 0.05) is 25.9 Å². The quantitative estimate of drug-likeness (QED) is 0.504. The molecule has 0 saturated carbocycles. The second kappa shape index (κ2) is 8.96. The average Bonchev–Trinajstić information content (AvgIpc) is 3.30. The molecule has 1 spiro atoms. The van der Waals surface area contributed by atoms with Crippen LogP contribution >= 0.6 is 0 Å². The predicted octanol–water partition coefficient (Wildman–Crippen LogP) is 2.16. The summed E-state index contributed by atoms with van der Waals surface area (Å²) in [7, 11) is 1.58. The van der Waals surface area contributed by atoms with E-state index in [4.69, 9.17) is 9.84 Å². The molecule has 4 rings (SSSR count). The summed E-state index contributed by atoms with van der Waals surface area (Å²) in [5.74, 6) is -2.00. The van der Waals surface area contributed by atoms with Crippen LogP contribution in [0.3, 0.4) is 0 Å². The fraction of sp³-hybridized carbons (Fsp3) is 0.654. The smallest absolute Gasteiger partial charge is 0.250 e. The zero-order valence-electron chi connectivity index (χ0n) is 20.8. The number of aryl methyl sites for hydroxylation is 2. The van der Waals surface area contributed by atoms with Crippen LogP contribution in [0.5, 0.6) is 0 Å². The molecule has 34 heavy (non-hydrogen) atoms. The first-order valence-electron chi connectivity index (χ1n) is 12.3. The summed E-state index contributed by atoms with van der Waals surface area (Å²) in [5, 5.41) is 14.9. The Hall–Kier alpha value is -2.45. The molecule has 3 N–H and O–H groups in total. The van der Waals surface area contributed by atoms with Crippen molar-refractivity contribution in [3.8, 4) is 0 Å². The number of anilines is 1. The van der Waals surface area contributed by atoms with Gasteiger partial charge in [0.15, 0.2) is 0 Å². The first kappa shape index (κ1) is 24.7. The minimum atomic E-state index is -1.04. The summed E-state index contributed by atoms with van der Waals surface area (Å²) in [6.45, 7) is 8.32. The predicted molar refractivity (Wildman–Crippen MR) is 128 cm³/mol. The van der Waals surface area contributed by atoms with Crippen LogP contribution in [0.4, 0.5) is 5.69 Å². The third-order valence-corrected chi connectivity index (χ3v) is 8.30. The second-order valence-electron chi connectivity index (χ2n) is 10.4. The van der Waals surface area contributed by atoms with Gasteiger partial charge in [0.2, 0.25) is 17.7 Å². The van der Waals surface area contributed by atoms with Crippen LogP contribution in [-0.2, 0) is 19.1 Å². The maximum atomic E-state index is 13.9. The number of carbonyl (C=O) groups is 3. The molecule has 0 aliphatic carbocycles. The van der Waals surface area contributed by atoms with Crippen LogP contribution in [0.15, 0.2) is 18.2 Å². The van der Waals surface area contributed by atoms with Gasteiger partial charge in [-0.25, -0.2) is 0 Å². The lowest BCUT2D eigenvalue weighted by Gasteiger charge is -2.36. The molecule has 3 saturated heterocycles. The van der Waals surface area contributed by atoms with Crippen molar-refractivity contribution < 1.29 is 24.2 Å². The van der Waals surface area contributed by atoms with Crippen molar-refractivity contribution in [2.24, 2.45) is 17.8 Å². The minimum Gasteiger partial charge on any atom is -0.396 e. The molecule has 186 valence electrons. The number of hydrogen-bond acceptors (Lipinski definition) is 5. The Bertz CT molecular complexity index is 997. The fourth-order valence-electron chi connectivity index (χ4n) is 6.48. The molecule has 3 aliphatic heterocycles. The van der Waals surface area contributed by atoms with Gasteiger partial charge in [-0.05, 0) is 69.6 Å². The van der Waals surface area contributed by atoms with Gasteiger partial charge in [-0.3, -0.25) is 14.4 Å². The normalized spacial score (nSPS) is 33.8. The van der Waals surface area contributed by atoms with Crippen molar-refractivity contribution in [3.63, 3.8) is 0 Å². The lowest BCUT2D eigenvalue weighted by molar-refractivity contribution is -0.146. The Kier molecular flexibility index (Phi) is 6.50. The van der Waals surface area contributed by atoms with Crippen LogP contribution in [0.1, 0.15) is 50.7 Å². The maximum absolute atomic E-state index is 13.9. The largest absolute Gasteiger partial charge is 0.396 e. The lowest BCUT2D eigenvalue weighted by Crippen LogP contribution is -2.54. The van der Waals surface area contributed by atoms with Crippen molar-refractivity contribution in [2.45, 2.75) is 70.6 Å². The zero-order chi connectivity index (χ0) is 24.8. The Labute approximate surface area is 201 Å². The Morgan fingerprint density at radius 2 is 1.94 bits per heavy atom. The van der Waals surface area contributed by atoms with E-state index in [0.29, 0.717) is 31.5 Å². The summed E-state index contributed by atoms with van der Waals surface area (Å²) in [6.07, 6.45) is 2.60. The lowest BCUT2D eigenvalue weighted by atomic mass is 9.62. The van der Waals surface area contributed by atoms with E-state index in [0.717, 1.165) is 17.5 Å². The van der Waals surface area contributed by atoms with E-state index < -0.39 is 29.1 Å². The molecule has 3 aliphatic rings. The molecule has 1 aromatic carbocycles. The number of rotatable bonds is 8. The third-order valence-electron chi connectivity index (χ3n) is 8.30. The number of ether oxygens (including phenoxy) is 1. The molecule has 8 nitrogen and oxygen atoms in total. The molecular formula is C26H37N3O5. The van der Waals surface area contributed by atoms with E-state index in [-0.39, 0.29) is 30.2 Å². The number of likely N-dealkylation sites (tertiary alicyclic amines) is 1. The van der Waals surface area contributed by atoms with Crippen molar-refractivity contribution in [2.75, 3.05) is 25.5 Å². The number of fused-ring (bicyclic) bond motifs is 1. The number of benzene rings is 1. The monoisotopic (exact) mass is 471 g/mol. The van der Waals surface area contributed by atoms with Gasteiger partial charge in [0.05, 0.1) is 17.4 Å². The van der Waals surface area contributed by atoms with Crippen LogP contribution in [0.2, 0.25) is 0 Å². The van der Waals surface area contributed by atoms with E-state index in [9.17, 15) is 14.4 Å². The van der Waals surface area contributed by atoms with Gasteiger partial charge in [-0.2, -0.15) is 0 Å². The SMILES string of the molecule is CNC(=O)[C@@H]1[C@H]2C(=O)N(CCCCCO)C(C(=O)Nc3cc(C)ccc3C)C23CC(C)[C@@]1(C)O3. The van der Waals surface area contributed by atoms with Gasteiger partial charge < -0.3 is 25.4 Å². The summed E-state index contributed by atoms with van der Waals surface area (Å²) in [6, 6.07) is 5.05. The maximum Gasteiger partial charge on any atom is 0.250 e. The molecule has 1 aromatic rings. The van der Waals surface area contributed by atoms with Crippen molar-refractivity contribution in [3.05, 3.63) is 29.3 Å². The number of aliphatic hydroxyl groups is 1. The highest BCUT2D eigenvalue weighted by molar-refractivity contribution is 6.04.